The van der Waals surface area contributed by atoms with Crippen LogP contribution in [0, 0.1) is 5.82 Å². The number of urea groups is 1. The normalized spacial score (nSPS) is 16.3. The molecule has 0 spiro atoms. The number of carbonyl (C=O) groups excluding carboxylic acids is 3. The molecule has 0 aliphatic carbocycles. The van der Waals surface area contributed by atoms with Crippen LogP contribution in [0.3, 0.4) is 0 Å². The molecule has 2 rings (SSSR count). The third kappa shape index (κ3) is 4.75. The summed E-state index contributed by atoms with van der Waals surface area (Å²) in [4.78, 5) is 36.2. The highest BCUT2D eigenvalue weighted by molar-refractivity contribution is 5.95. The van der Waals surface area contributed by atoms with Crippen molar-refractivity contribution in [3.05, 3.63) is 40.8 Å². The van der Waals surface area contributed by atoms with Gasteiger partial charge in [-0.1, -0.05) is 6.92 Å². The van der Waals surface area contributed by atoms with E-state index in [-0.39, 0.29) is 29.2 Å². The minimum absolute atomic E-state index is 0.103. The molecule has 1 aliphatic rings. The summed E-state index contributed by atoms with van der Waals surface area (Å²) in [6, 6.07) is 2.59. The molecule has 2 N–H and O–H groups in total. The zero-order valence-electron chi connectivity index (χ0n) is 15.3. The highest BCUT2D eigenvalue weighted by Crippen LogP contribution is 2.20. The van der Waals surface area contributed by atoms with E-state index in [1.54, 1.807) is 13.8 Å². The van der Waals surface area contributed by atoms with Crippen LogP contribution < -0.4 is 15.4 Å². The van der Waals surface area contributed by atoms with Crippen molar-refractivity contribution in [1.29, 1.82) is 0 Å². The lowest BCUT2D eigenvalue weighted by Gasteiger charge is -2.28. The van der Waals surface area contributed by atoms with Gasteiger partial charge in [-0.25, -0.2) is 18.8 Å². The molecule has 0 aromatic heterocycles. The summed E-state index contributed by atoms with van der Waals surface area (Å²) < 4.78 is 29.0. The van der Waals surface area contributed by atoms with Gasteiger partial charge in [0.25, 0.3) is 0 Å². The molecular weight excluding hydrogens is 359 g/mol. The van der Waals surface area contributed by atoms with E-state index >= 15 is 0 Å². The number of hydrogen-bond acceptors (Lipinski definition) is 6. The van der Waals surface area contributed by atoms with Gasteiger partial charge in [0.2, 0.25) is 0 Å². The second-order valence-electron chi connectivity index (χ2n) is 5.59. The van der Waals surface area contributed by atoms with Crippen LogP contribution in [0.15, 0.2) is 29.5 Å². The van der Waals surface area contributed by atoms with Crippen molar-refractivity contribution in [2.75, 3.05) is 20.3 Å². The minimum Gasteiger partial charge on any atom is -0.497 e. The molecule has 0 saturated carbocycles. The number of methoxy groups -OCH3 is 1. The number of ether oxygens (including phenoxy) is 3. The van der Waals surface area contributed by atoms with Gasteiger partial charge < -0.3 is 24.8 Å². The smallest absolute Gasteiger partial charge is 0.341 e. The summed E-state index contributed by atoms with van der Waals surface area (Å²) in [5.41, 5.74) is -0.0188. The third-order valence-electron chi connectivity index (χ3n) is 3.89. The molecule has 2 amide bonds. The summed E-state index contributed by atoms with van der Waals surface area (Å²) in [5.74, 6) is -2.11. The van der Waals surface area contributed by atoms with Crippen LogP contribution in [0.1, 0.15) is 30.6 Å². The summed E-state index contributed by atoms with van der Waals surface area (Å²) in [6.07, 6.45) is 0.437. The van der Waals surface area contributed by atoms with Crippen LogP contribution >= 0.6 is 0 Å². The third-order valence-corrected chi connectivity index (χ3v) is 3.89. The van der Waals surface area contributed by atoms with Crippen molar-refractivity contribution in [3.8, 4) is 5.75 Å². The van der Waals surface area contributed by atoms with Gasteiger partial charge in [-0.3, -0.25) is 0 Å². The van der Waals surface area contributed by atoms with Crippen LogP contribution in [-0.2, 0) is 14.3 Å². The second-order valence-corrected chi connectivity index (χ2v) is 5.59. The Morgan fingerprint density at radius 2 is 1.93 bits per heavy atom. The molecule has 0 bridgehead atoms. The average molecular weight is 380 g/mol. The number of halogens is 1. The Hall–Kier alpha value is -3.10. The van der Waals surface area contributed by atoms with E-state index in [1.165, 1.54) is 19.2 Å². The Kier molecular flexibility index (Phi) is 6.75. The molecule has 1 aromatic rings. The summed E-state index contributed by atoms with van der Waals surface area (Å²) in [5, 5.41) is 5.05. The van der Waals surface area contributed by atoms with Crippen molar-refractivity contribution in [2.45, 2.75) is 26.3 Å². The molecule has 0 fully saturated rings. The zero-order valence-corrected chi connectivity index (χ0v) is 15.3. The van der Waals surface area contributed by atoms with Crippen LogP contribution in [-0.4, -0.2) is 44.3 Å². The number of hydrogen-bond donors (Lipinski definition) is 2. The van der Waals surface area contributed by atoms with Gasteiger partial charge in [0.1, 0.15) is 18.2 Å². The van der Waals surface area contributed by atoms with Gasteiger partial charge >= 0.3 is 18.0 Å². The lowest BCUT2D eigenvalue weighted by Crippen LogP contribution is -2.51. The highest BCUT2D eigenvalue weighted by atomic mass is 19.1. The van der Waals surface area contributed by atoms with Crippen molar-refractivity contribution in [2.24, 2.45) is 0 Å². The predicted octanol–water partition coefficient (Wildman–Crippen LogP) is 1.90. The van der Waals surface area contributed by atoms with Gasteiger partial charge in [-0.2, -0.15) is 0 Å². The second kappa shape index (κ2) is 9.02. The molecule has 9 heteroatoms. The molecule has 8 nitrogen and oxygen atoms in total. The highest BCUT2D eigenvalue weighted by Gasteiger charge is 2.32. The number of carbonyl (C=O) groups is 3. The monoisotopic (exact) mass is 380 g/mol. The molecule has 1 aromatic carbocycles. The standard InChI is InChI=1S/C18H21FN2O6/c1-4-13-15(17(23)26-5-2)14(21-18(24)20-13)9-27-16(22)11-7-6-10(25-3)8-12(11)19/h6-8,13H,4-5,9H2,1-3H3,(H2,20,21,24)/t13-/m1/s1. The van der Waals surface area contributed by atoms with Gasteiger partial charge in [0, 0.05) is 6.07 Å². The number of nitrogens with one attached hydrogen (secondary N) is 2. The molecule has 1 atom stereocenters. The Bertz CT molecular complexity index is 777. The number of amides is 2. The van der Waals surface area contributed by atoms with Crippen LogP contribution in [0.2, 0.25) is 0 Å². The maximum atomic E-state index is 14.0. The van der Waals surface area contributed by atoms with E-state index in [9.17, 15) is 18.8 Å². The van der Waals surface area contributed by atoms with Crippen LogP contribution in [0.4, 0.5) is 9.18 Å². The first-order valence-electron chi connectivity index (χ1n) is 8.39. The zero-order chi connectivity index (χ0) is 20.0. The molecular formula is C18H21FN2O6. The average Bonchev–Trinajstić information content (AvgIpc) is 2.65. The molecule has 0 unspecified atom stereocenters. The van der Waals surface area contributed by atoms with Gasteiger partial charge in [0.15, 0.2) is 0 Å². The SMILES string of the molecule is CCOC(=O)C1=C(COC(=O)c2ccc(OC)cc2F)NC(=O)N[C@@H]1CC. The Morgan fingerprint density at radius 1 is 1.19 bits per heavy atom. The number of rotatable bonds is 7. The van der Waals surface area contributed by atoms with Crippen molar-refractivity contribution < 1.29 is 33.0 Å². The van der Waals surface area contributed by atoms with Crippen LogP contribution in [0.25, 0.3) is 0 Å². The summed E-state index contributed by atoms with van der Waals surface area (Å²) in [6.45, 7) is 3.17. The van der Waals surface area contributed by atoms with Crippen molar-refractivity contribution in [3.63, 3.8) is 0 Å². The quantitative estimate of drug-likeness (QED) is 0.701. The molecule has 27 heavy (non-hydrogen) atoms. The minimum atomic E-state index is -0.938. The van der Waals surface area contributed by atoms with E-state index < -0.39 is 36.4 Å². The van der Waals surface area contributed by atoms with E-state index in [4.69, 9.17) is 14.2 Å². The Morgan fingerprint density at radius 3 is 2.52 bits per heavy atom. The predicted molar refractivity (Wildman–Crippen MR) is 92.6 cm³/mol. The Labute approximate surface area is 155 Å². The molecule has 146 valence electrons. The lowest BCUT2D eigenvalue weighted by molar-refractivity contribution is -0.139. The fourth-order valence-electron chi connectivity index (χ4n) is 2.58. The van der Waals surface area contributed by atoms with Gasteiger partial charge in [-0.05, 0) is 25.5 Å². The van der Waals surface area contributed by atoms with Crippen molar-refractivity contribution >= 4 is 18.0 Å². The lowest BCUT2D eigenvalue weighted by atomic mass is 10.0. The first-order chi connectivity index (χ1) is 12.9. The number of esters is 2. The first-order valence-corrected chi connectivity index (χ1v) is 8.39. The fourth-order valence-corrected chi connectivity index (χ4v) is 2.58. The van der Waals surface area contributed by atoms with E-state index in [0.717, 1.165) is 6.07 Å². The summed E-state index contributed by atoms with van der Waals surface area (Å²) >= 11 is 0. The van der Waals surface area contributed by atoms with Crippen LogP contribution in [0.5, 0.6) is 5.75 Å². The molecule has 1 heterocycles. The topological polar surface area (TPSA) is 103 Å². The van der Waals surface area contributed by atoms with Crippen molar-refractivity contribution in [1.82, 2.24) is 10.6 Å². The van der Waals surface area contributed by atoms with E-state index in [1.807, 2.05) is 0 Å². The van der Waals surface area contributed by atoms with Gasteiger partial charge in [-0.15, -0.1) is 0 Å². The van der Waals surface area contributed by atoms with E-state index in [2.05, 4.69) is 10.6 Å². The molecule has 0 saturated heterocycles. The molecule has 1 aliphatic heterocycles. The fraction of sp³-hybridized carbons (Fsp3) is 0.389. The maximum absolute atomic E-state index is 14.0. The largest absolute Gasteiger partial charge is 0.497 e. The Balaban J connectivity index is 2.22. The first kappa shape index (κ1) is 20.2. The molecule has 0 radical (unpaired) electrons. The van der Waals surface area contributed by atoms with Gasteiger partial charge in [0.05, 0.1) is 36.6 Å². The summed E-state index contributed by atoms with van der Waals surface area (Å²) in [7, 11) is 1.38. The maximum Gasteiger partial charge on any atom is 0.341 e. The van der Waals surface area contributed by atoms with E-state index in [0.29, 0.717) is 6.42 Å². The number of benzene rings is 1.